The van der Waals surface area contributed by atoms with Gasteiger partial charge in [-0.1, -0.05) is 41.4 Å². The predicted octanol–water partition coefficient (Wildman–Crippen LogP) is 6.77. The summed E-state index contributed by atoms with van der Waals surface area (Å²) in [6.07, 6.45) is 4.70. The highest BCUT2D eigenvalue weighted by molar-refractivity contribution is 7.97. The second kappa shape index (κ2) is 11.6. The van der Waals surface area contributed by atoms with Crippen LogP contribution in [0, 0.1) is 0 Å². The van der Waals surface area contributed by atoms with Gasteiger partial charge in [0.15, 0.2) is 0 Å². The molecule has 0 fully saturated rings. The fraction of sp³-hybridized carbons (Fsp3) is 0.192. The summed E-state index contributed by atoms with van der Waals surface area (Å²) in [7, 11) is 0.478. The Bertz CT molecular complexity index is 1260. The zero-order valence-corrected chi connectivity index (χ0v) is 22.5. The van der Waals surface area contributed by atoms with Crippen molar-refractivity contribution in [2.45, 2.75) is 11.3 Å². The van der Waals surface area contributed by atoms with Crippen molar-refractivity contribution in [2.24, 2.45) is 0 Å². The first-order valence-corrected chi connectivity index (χ1v) is 14.0. The zero-order valence-electron chi connectivity index (χ0n) is 19.3. The van der Waals surface area contributed by atoms with Crippen molar-refractivity contribution in [2.75, 3.05) is 36.0 Å². The summed E-state index contributed by atoms with van der Waals surface area (Å²) < 4.78 is 15.7. The third kappa shape index (κ3) is 6.68. The number of nitrogens with one attached hydrogen (secondary N) is 1. The Kier molecular flexibility index (Phi) is 8.57. The summed E-state index contributed by atoms with van der Waals surface area (Å²) in [6.45, 7) is 1.72. The minimum absolute atomic E-state index is 0.242. The largest absolute Gasteiger partial charge is 0.322 e. The Labute approximate surface area is 222 Å². The highest BCUT2D eigenvalue weighted by atomic mass is 35.5. The molecule has 1 atom stereocenters. The maximum absolute atomic E-state index is 12.9. The van der Waals surface area contributed by atoms with Crippen LogP contribution in [0.4, 0.5) is 11.4 Å². The summed E-state index contributed by atoms with van der Waals surface area (Å²) in [5.74, 6) is -0.242. The molecule has 182 valence electrons. The molecule has 1 N–H and O–H groups in total. The van der Waals surface area contributed by atoms with Crippen molar-refractivity contribution >= 4 is 69.0 Å². The van der Waals surface area contributed by atoms with E-state index in [2.05, 4.69) is 15.7 Å². The number of hydrogen-bond acceptors (Lipinski definition) is 4. The highest BCUT2D eigenvalue weighted by Crippen LogP contribution is 2.32. The Morgan fingerprint density at radius 3 is 2.37 bits per heavy atom. The molecular weight excluding hydrogens is 521 g/mol. The number of nitrogens with zero attached hydrogens (tertiary/aromatic N) is 2. The van der Waals surface area contributed by atoms with Crippen LogP contribution >= 0.6 is 35.1 Å². The molecule has 0 saturated carbocycles. The van der Waals surface area contributed by atoms with Crippen molar-refractivity contribution in [3.8, 4) is 0 Å². The molecule has 4 rings (SSSR count). The van der Waals surface area contributed by atoms with E-state index < -0.39 is 11.0 Å². The molecule has 0 radical (unpaired) electrons. The summed E-state index contributed by atoms with van der Waals surface area (Å²) in [6, 6.07) is 20.6. The number of hydrogen-bond donors (Lipinski definition) is 1. The van der Waals surface area contributed by atoms with Crippen LogP contribution in [0.25, 0.3) is 5.57 Å². The zero-order chi connectivity index (χ0) is 24.9. The lowest BCUT2D eigenvalue weighted by molar-refractivity contribution is 0.102. The van der Waals surface area contributed by atoms with Gasteiger partial charge in [0.05, 0.1) is 11.3 Å². The summed E-state index contributed by atoms with van der Waals surface area (Å²) in [5, 5.41) is 4.23. The third-order valence-corrected chi connectivity index (χ3v) is 8.10. The van der Waals surface area contributed by atoms with Crippen molar-refractivity contribution in [3.63, 3.8) is 0 Å². The van der Waals surface area contributed by atoms with Crippen LogP contribution in [0.2, 0.25) is 10.0 Å². The fourth-order valence-corrected chi connectivity index (χ4v) is 5.61. The van der Waals surface area contributed by atoms with E-state index in [1.165, 1.54) is 5.57 Å². The Morgan fingerprint density at radius 1 is 1.06 bits per heavy atom. The van der Waals surface area contributed by atoms with Crippen LogP contribution in [-0.2, 0) is 11.0 Å². The molecule has 1 aliphatic rings. The van der Waals surface area contributed by atoms with Gasteiger partial charge in [-0.3, -0.25) is 9.10 Å². The molecule has 0 aliphatic carbocycles. The molecule has 5 nitrogen and oxygen atoms in total. The lowest BCUT2D eigenvalue weighted by Gasteiger charge is -2.25. The van der Waals surface area contributed by atoms with E-state index in [9.17, 15) is 9.00 Å². The first-order valence-electron chi connectivity index (χ1n) is 11.0. The lowest BCUT2D eigenvalue weighted by atomic mass is 10.0. The van der Waals surface area contributed by atoms with E-state index in [0.29, 0.717) is 27.0 Å². The molecule has 1 heterocycles. The second-order valence-corrected chi connectivity index (χ2v) is 11.5. The monoisotopic (exact) mass is 545 g/mol. The number of carbonyl (C=O) groups excluding carboxylic acids is 1. The maximum Gasteiger partial charge on any atom is 0.257 e. The van der Waals surface area contributed by atoms with Crippen molar-refractivity contribution < 1.29 is 9.00 Å². The minimum atomic E-state index is -1.23. The molecule has 0 aromatic heterocycles. The number of rotatable bonds is 7. The topological polar surface area (TPSA) is 52.7 Å². The van der Waals surface area contributed by atoms with Crippen molar-refractivity contribution in [1.29, 1.82) is 0 Å². The summed E-state index contributed by atoms with van der Waals surface area (Å²) >= 11 is 14.0. The van der Waals surface area contributed by atoms with E-state index in [-0.39, 0.29) is 5.91 Å². The van der Waals surface area contributed by atoms with E-state index in [4.69, 9.17) is 23.2 Å². The fourth-order valence-electron chi connectivity index (χ4n) is 3.76. The van der Waals surface area contributed by atoms with Gasteiger partial charge in [0.25, 0.3) is 5.91 Å². The molecule has 0 saturated heterocycles. The number of amides is 1. The van der Waals surface area contributed by atoms with Gasteiger partial charge >= 0.3 is 0 Å². The molecule has 35 heavy (non-hydrogen) atoms. The average molecular weight is 547 g/mol. The van der Waals surface area contributed by atoms with Crippen LogP contribution in [0.3, 0.4) is 0 Å². The summed E-state index contributed by atoms with van der Waals surface area (Å²) in [4.78, 5) is 14.0. The van der Waals surface area contributed by atoms with Gasteiger partial charge in [-0.05, 0) is 84.1 Å². The second-order valence-electron chi connectivity index (χ2n) is 8.03. The van der Waals surface area contributed by atoms with Crippen molar-refractivity contribution in [3.05, 3.63) is 94.0 Å². The molecule has 1 amide bonds. The molecule has 0 spiro atoms. The smallest absolute Gasteiger partial charge is 0.257 e. The van der Waals surface area contributed by atoms with E-state index in [0.717, 1.165) is 30.0 Å². The van der Waals surface area contributed by atoms with E-state index >= 15 is 0 Å². The van der Waals surface area contributed by atoms with E-state index in [1.54, 1.807) is 53.8 Å². The van der Waals surface area contributed by atoms with Gasteiger partial charge in [-0.25, -0.2) is 8.51 Å². The minimum Gasteiger partial charge on any atom is -0.322 e. The Morgan fingerprint density at radius 2 is 1.74 bits per heavy atom. The third-order valence-electron chi connectivity index (χ3n) is 5.63. The van der Waals surface area contributed by atoms with Gasteiger partial charge in [0.2, 0.25) is 0 Å². The molecule has 3 aromatic rings. The van der Waals surface area contributed by atoms with Gasteiger partial charge in [0.1, 0.15) is 11.0 Å². The molecule has 1 unspecified atom stereocenters. The normalized spacial score (nSPS) is 14.8. The SMILES string of the molecule is CN(c1ccccc1C(=O)Nc1ccc(SN2CC=C(c3cc(Cl)cc(Cl)c3)CC2)cc1)S(C)=O. The quantitative estimate of drug-likeness (QED) is 0.332. The first kappa shape index (κ1) is 25.8. The van der Waals surface area contributed by atoms with Crippen LogP contribution in [0.1, 0.15) is 22.3 Å². The number of halogens is 2. The van der Waals surface area contributed by atoms with Gasteiger partial charge in [-0.15, -0.1) is 0 Å². The lowest BCUT2D eigenvalue weighted by Crippen LogP contribution is -2.23. The van der Waals surface area contributed by atoms with Crippen LogP contribution in [0.5, 0.6) is 0 Å². The first-order chi connectivity index (χ1) is 16.8. The highest BCUT2D eigenvalue weighted by Gasteiger charge is 2.17. The molecule has 3 aromatic carbocycles. The number of para-hydroxylation sites is 1. The Hall–Kier alpha value is -2.29. The van der Waals surface area contributed by atoms with Crippen LogP contribution < -0.4 is 9.62 Å². The predicted molar refractivity (Wildman–Crippen MR) is 150 cm³/mol. The van der Waals surface area contributed by atoms with Gasteiger partial charge in [0, 0.05) is 47.0 Å². The molecule has 0 bridgehead atoms. The maximum atomic E-state index is 12.9. The molecule has 9 heteroatoms. The summed E-state index contributed by atoms with van der Waals surface area (Å²) in [5.41, 5.74) is 4.12. The molecular formula is C26H25Cl2N3O2S2. The van der Waals surface area contributed by atoms with Crippen LogP contribution in [-0.4, -0.2) is 40.8 Å². The Balaban J connectivity index is 1.37. The van der Waals surface area contributed by atoms with Gasteiger partial charge < -0.3 is 5.32 Å². The standard InChI is InChI=1S/C26H25Cl2N3O2S2/c1-30(35(2)33)25-6-4-3-5-24(25)26(32)29-22-7-9-23(10-8-22)34-31-13-11-18(12-14-31)19-15-20(27)17-21(28)16-19/h3-11,15-17H,12-14H2,1-2H3,(H,29,32). The number of carbonyl (C=O) groups is 1. The molecule has 1 aliphatic heterocycles. The number of benzene rings is 3. The average Bonchev–Trinajstić information content (AvgIpc) is 2.84. The number of anilines is 2. The van der Waals surface area contributed by atoms with Crippen molar-refractivity contribution in [1.82, 2.24) is 4.31 Å². The van der Waals surface area contributed by atoms with E-state index in [1.807, 2.05) is 42.5 Å². The van der Waals surface area contributed by atoms with Gasteiger partial charge in [-0.2, -0.15) is 0 Å². The van der Waals surface area contributed by atoms with Crippen LogP contribution in [0.15, 0.2) is 77.7 Å².